The lowest BCUT2D eigenvalue weighted by Crippen LogP contribution is -2.27. The third-order valence-corrected chi connectivity index (χ3v) is 3.94. The van der Waals surface area contributed by atoms with Gasteiger partial charge in [-0.05, 0) is 62.9 Å². The predicted molar refractivity (Wildman–Crippen MR) is 78.9 cm³/mol. The fraction of sp³-hybridized carbons (Fsp3) is 1.00. The smallest absolute Gasteiger partial charge is 0.0575 e. The van der Waals surface area contributed by atoms with Crippen LogP contribution in [0.3, 0.4) is 0 Å². The molecule has 0 spiro atoms. The molecule has 0 radical (unpaired) electrons. The molecule has 0 aromatic rings. The van der Waals surface area contributed by atoms with Crippen LogP contribution >= 0.6 is 0 Å². The number of hydrogen-bond acceptors (Lipinski definition) is 2. The molecule has 1 saturated carbocycles. The molecule has 0 atom stereocenters. The van der Waals surface area contributed by atoms with E-state index < -0.39 is 0 Å². The summed E-state index contributed by atoms with van der Waals surface area (Å²) in [4.78, 5) is 0. The SMILES string of the molecule is CC(C)CNCCCCOC1CCC(C)(C)CC1. The van der Waals surface area contributed by atoms with Gasteiger partial charge in [0, 0.05) is 6.61 Å². The molecule has 1 fully saturated rings. The van der Waals surface area contributed by atoms with Gasteiger partial charge < -0.3 is 10.1 Å². The lowest BCUT2D eigenvalue weighted by Gasteiger charge is -2.34. The number of ether oxygens (including phenoxy) is 1. The highest BCUT2D eigenvalue weighted by Gasteiger charge is 2.26. The van der Waals surface area contributed by atoms with Crippen LogP contribution in [0.15, 0.2) is 0 Å². The first-order chi connectivity index (χ1) is 8.49. The topological polar surface area (TPSA) is 21.3 Å². The van der Waals surface area contributed by atoms with Gasteiger partial charge in [0.2, 0.25) is 0 Å². The van der Waals surface area contributed by atoms with Crippen LogP contribution < -0.4 is 5.32 Å². The Balaban J connectivity index is 1.90. The molecule has 2 nitrogen and oxygen atoms in total. The minimum Gasteiger partial charge on any atom is -0.378 e. The predicted octanol–water partition coefficient (Wildman–Crippen LogP) is 4.00. The summed E-state index contributed by atoms with van der Waals surface area (Å²) in [5, 5.41) is 3.48. The highest BCUT2D eigenvalue weighted by molar-refractivity contribution is 4.78. The lowest BCUT2D eigenvalue weighted by atomic mass is 9.76. The molecular formula is C16H33NO. The summed E-state index contributed by atoms with van der Waals surface area (Å²) in [6.07, 6.45) is 8.16. The average molecular weight is 255 g/mol. The van der Waals surface area contributed by atoms with E-state index in [1.54, 1.807) is 0 Å². The van der Waals surface area contributed by atoms with Crippen LogP contribution in [0.5, 0.6) is 0 Å². The number of rotatable bonds is 8. The van der Waals surface area contributed by atoms with E-state index in [-0.39, 0.29) is 0 Å². The van der Waals surface area contributed by atoms with Crippen LogP contribution in [0.2, 0.25) is 0 Å². The van der Waals surface area contributed by atoms with Gasteiger partial charge >= 0.3 is 0 Å². The van der Waals surface area contributed by atoms with Gasteiger partial charge in [0.15, 0.2) is 0 Å². The molecule has 0 aromatic carbocycles. The summed E-state index contributed by atoms with van der Waals surface area (Å²) < 4.78 is 5.98. The van der Waals surface area contributed by atoms with Crippen LogP contribution in [0.4, 0.5) is 0 Å². The molecule has 108 valence electrons. The van der Waals surface area contributed by atoms with Gasteiger partial charge in [-0.25, -0.2) is 0 Å². The fourth-order valence-electron chi connectivity index (χ4n) is 2.53. The number of nitrogens with one attached hydrogen (secondary N) is 1. The minimum atomic E-state index is 0.543. The van der Waals surface area contributed by atoms with E-state index in [0.717, 1.165) is 25.6 Å². The molecule has 0 heterocycles. The van der Waals surface area contributed by atoms with E-state index >= 15 is 0 Å². The summed E-state index contributed by atoms with van der Waals surface area (Å²) in [6.45, 7) is 12.5. The first-order valence-electron chi connectivity index (χ1n) is 7.82. The molecular weight excluding hydrogens is 222 g/mol. The van der Waals surface area contributed by atoms with Crippen molar-refractivity contribution in [1.82, 2.24) is 5.32 Å². The van der Waals surface area contributed by atoms with Crippen molar-refractivity contribution in [1.29, 1.82) is 0 Å². The van der Waals surface area contributed by atoms with Crippen LogP contribution in [0.1, 0.15) is 66.2 Å². The first kappa shape index (κ1) is 16.0. The molecule has 1 rings (SSSR count). The van der Waals surface area contributed by atoms with Crippen molar-refractivity contribution < 1.29 is 4.74 Å². The van der Waals surface area contributed by atoms with E-state index in [4.69, 9.17) is 4.74 Å². The van der Waals surface area contributed by atoms with Crippen molar-refractivity contribution in [2.24, 2.45) is 11.3 Å². The van der Waals surface area contributed by atoms with Crippen LogP contribution in [-0.2, 0) is 4.74 Å². The third kappa shape index (κ3) is 7.38. The average Bonchev–Trinajstić information content (AvgIpc) is 2.29. The van der Waals surface area contributed by atoms with Crippen molar-refractivity contribution in [2.75, 3.05) is 19.7 Å². The lowest BCUT2D eigenvalue weighted by molar-refractivity contribution is 0.00292. The van der Waals surface area contributed by atoms with Crippen molar-refractivity contribution in [2.45, 2.75) is 72.3 Å². The molecule has 1 aliphatic carbocycles. The summed E-state index contributed by atoms with van der Waals surface area (Å²) in [5.41, 5.74) is 0.556. The van der Waals surface area contributed by atoms with Crippen LogP contribution in [-0.4, -0.2) is 25.8 Å². The fourth-order valence-corrected chi connectivity index (χ4v) is 2.53. The van der Waals surface area contributed by atoms with E-state index in [2.05, 4.69) is 33.0 Å². The second-order valence-electron chi connectivity index (χ2n) is 7.04. The van der Waals surface area contributed by atoms with E-state index in [1.165, 1.54) is 38.5 Å². The zero-order chi connectivity index (χ0) is 13.4. The molecule has 0 amide bonds. The first-order valence-corrected chi connectivity index (χ1v) is 7.82. The van der Waals surface area contributed by atoms with Crippen molar-refractivity contribution in [3.63, 3.8) is 0 Å². The van der Waals surface area contributed by atoms with Gasteiger partial charge in [0.05, 0.1) is 6.10 Å². The van der Waals surface area contributed by atoms with Gasteiger partial charge in [-0.15, -0.1) is 0 Å². The summed E-state index contributed by atoms with van der Waals surface area (Å²) in [6, 6.07) is 0. The Morgan fingerprint density at radius 1 is 1.17 bits per heavy atom. The van der Waals surface area contributed by atoms with Crippen LogP contribution in [0.25, 0.3) is 0 Å². The highest BCUT2D eigenvalue weighted by Crippen LogP contribution is 2.36. The molecule has 1 N–H and O–H groups in total. The van der Waals surface area contributed by atoms with Crippen molar-refractivity contribution >= 4 is 0 Å². The molecule has 0 saturated heterocycles. The molecule has 18 heavy (non-hydrogen) atoms. The highest BCUT2D eigenvalue weighted by atomic mass is 16.5. The zero-order valence-electron chi connectivity index (χ0n) is 12.9. The standard InChI is InChI=1S/C16H33NO/c1-14(2)13-17-11-5-6-12-18-15-7-9-16(3,4)10-8-15/h14-15,17H,5-13H2,1-4H3. The Morgan fingerprint density at radius 2 is 1.83 bits per heavy atom. The Morgan fingerprint density at radius 3 is 2.44 bits per heavy atom. The number of hydrogen-bond donors (Lipinski definition) is 1. The molecule has 0 aliphatic heterocycles. The second kappa shape index (κ2) is 8.16. The summed E-state index contributed by atoms with van der Waals surface area (Å²) in [5.74, 6) is 0.756. The van der Waals surface area contributed by atoms with Gasteiger partial charge in [0.1, 0.15) is 0 Å². The Kier molecular flexibility index (Phi) is 7.25. The van der Waals surface area contributed by atoms with E-state index in [0.29, 0.717) is 11.5 Å². The van der Waals surface area contributed by atoms with E-state index in [9.17, 15) is 0 Å². The van der Waals surface area contributed by atoms with Gasteiger partial charge in [-0.1, -0.05) is 27.7 Å². The molecule has 0 aromatic heterocycles. The van der Waals surface area contributed by atoms with Gasteiger partial charge in [0.25, 0.3) is 0 Å². The largest absolute Gasteiger partial charge is 0.378 e. The van der Waals surface area contributed by atoms with Crippen molar-refractivity contribution in [3.05, 3.63) is 0 Å². The summed E-state index contributed by atoms with van der Waals surface area (Å²) >= 11 is 0. The minimum absolute atomic E-state index is 0.543. The molecule has 0 bridgehead atoms. The normalized spacial score (nSPS) is 20.5. The van der Waals surface area contributed by atoms with Crippen molar-refractivity contribution in [3.8, 4) is 0 Å². The summed E-state index contributed by atoms with van der Waals surface area (Å²) in [7, 11) is 0. The third-order valence-electron chi connectivity index (χ3n) is 3.94. The Hall–Kier alpha value is -0.0800. The van der Waals surface area contributed by atoms with Gasteiger partial charge in [-0.2, -0.15) is 0 Å². The zero-order valence-corrected chi connectivity index (χ0v) is 12.9. The molecule has 1 aliphatic rings. The number of unbranched alkanes of at least 4 members (excludes halogenated alkanes) is 1. The Bertz CT molecular complexity index is 203. The maximum absolute atomic E-state index is 5.98. The quantitative estimate of drug-likeness (QED) is 0.662. The van der Waals surface area contributed by atoms with Crippen LogP contribution in [0, 0.1) is 11.3 Å². The maximum Gasteiger partial charge on any atom is 0.0575 e. The molecule has 2 heteroatoms. The maximum atomic E-state index is 5.98. The molecule has 0 unspecified atom stereocenters. The monoisotopic (exact) mass is 255 g/mol. The Labute approximate surface area is 114 Å². The van der Waals surface area contributed by atoms with E-state index in [1.807, 2.05) is 0 Å². The second-order valence-corrected chi connectivity index (χ2v) is 7.04. The van der Waals surface area contributed by atoms with Gasteiger partial charge in [-0.3, -0.25) is 0 Å².